The molecule has 2 aliphatic heterocycles. The molecule has 0 radical (unpaired) electrons. The van der Waals surface area contributed by atoms with Crippen LogP contribution < -0.4 is 25.8 Å². The van der Waals surface area contributed by atoms with Gasteiger partial charge in [-0.25, -0.2) is 9.78 Å². The summed E-state index contributed by atoms with van der Waals surface area (Å²) in [6.45, 7) is 13.5. The standard InChI is InChI=1S/C44H57N9O6/c1-25(2)19-34(29(7)54)48-41(58)44(16-10-17-44)50-39(56)35-11-9-18-52(35)40(57)33(26(3)4)21-37(55)30-14-12-27(5)36(20-30)53-24-31-22-46-42(49-38(31)51(8)43(53)59)47-32-15-13-28(6)45-23-32/h12-15,20,22-23,25-26,33-35H,9-11,16-19,21,24H2,1-8H3,(H,48,58)(H,50,56)(H,46,47,49)/t33-,34-,35-/m0/s1. The summed E-state index contributed by atoms with van der Waals surface area (Å²) in [5.74, 6) is -1.38. The number of carbonyl (C=O) groups is 6. The number of urea groups is 1. The van der Waals surface area contributed by atoms with E-state index in [0.29, 0.717) is 67.4 Å². The van der Waals surface area contributed by atoms with E-state index in [2.05, 4.69) is 30.9 Å². The monoisotopic (exact) mass is 807 g/mol. The molecule has 6 rings (SSSR count). The van der Waals surface area contributed by atoms with Gasteiger partial charge in [0.25, 0.3) is 0 Å². The van der Waals surface area contributed by atoms with Crippen LogP contribution in [0.1, 0.15) is 107 Å². The number of anilines is 4. The molecule has 3 atom stereocenters. The van der Waals surface area contributed by atoms with Gasteiger partial charge in [0.15, 0.2) is 11.6 Å². The van der Waals surface area contributed by atoms with Gasteiger partial charge in [0.2, 0.25) is 23.7 Å². The van der Waals surface area contributed by atoms with Gasteiger partial charge in [-0.3, -0.25) is 38.8 Å². The molecule has 2 aromatic heterocycles. The highest BCUT2D eigenvalue weighted by molar-refractivity contribution is 6.07. The first-order valence-corrected chi connectivity index (χ1v) is 20.7. The molecule has 3 aromatic rings. The van der Waals surface area contributed by atoms with Crippen molar-refractivity contribution in [3.05, 3.63) is 65.1 Å². The highest BCUT2D eigenvalue weighted by Crippen LogP contribution is 2.36. The first-order chi connectivity index (χ1) is 28.0. The Balaban J connectivity index is 1.14. The van der Waals surface area contributed by atoms with E-state index in [4.69, 9.17) is 0 Å². The Labute approximate surface area is 346 Å². The average molecular weight is 808 g/mol. The van der Waals surface area contributed by atoms with E-state index in [1.54, 1.807) is 47.4 Å². The summed E-state index contributed by atoms with van der Waals surface area (Å²) in [5.41, 5.74) is 2.90. The lowest BCUT2D eigenvalue weighted by Gasteiger charge is -2.42. The van der Waals surface area contributed by atoms with Crippen LogP contribution in [0.4, 0.5) is 27.9 Å². The lowest BCUT2D eigenvalue weighted by Crippen LogP contribution is -2.66. The number of hydrogen-bond acceptors (Lipinski definition) is 10. The quantitative estimate of drug-likeness (QED) is 0.158. The van der Waals surface area contributed by atoms with Crippen molar-refractivity contribution in [2.24, 2.45) is 17.8 Å². The summed E-state index contributed by atoms with van der Waals surface area (Å²) in [5, 5.41) is 9.00. The molecule has 3 N–H and O–H groups in total. The zero-order valence-corrected chi connectivity index (χ0v) is 35.4. The molecule has 0 spiro atoms. The fourth-order valence-electron chi connectivity index (χ4n) is 8.10. The predicted octanol–water partition coefficient (Wildman–Crippen LogP) is 5.80. The van der Waals surface area contributed by atoms with Gasteiger partial charge in [0, 0.05) is 54.6 Å². The van der Waals surface area contributed by atoms with Crippen molar-refractivity contribution < 1.29 is 28.8 Å². The van der Waals surface area contributed by atoms with Crippen molar-refractivity contribution in [1.82, 2.24) is 30.5 Å². The van der Waals surface area contributed by atoms with Gasteiger partial charge >= 0.3 is 6.03 Å². The van der Waals surface area contributed by atoms with E-state index in [-0.39, 0.29) is 54.2 Å². The van der Waals surface area contributed by atoms with Crippen LogP contribution in [0.2, 0.25) is 0 Å². The number of carbonyl (C=O) groups excluding carboxylic acids is 6. The van der Waals surface area contributed by atoms with E-state index < -0.39 is 29.4 Å². The summed E-state index contributed by atoms with van der Waals surface area (Å²) in [6.07, 6.45) is 6.47. The van der Waals surface area contributed by atoms with Gasteiger partial charge in [0.1, 0.15) is 17.4 Å². The molecule has 3 aliphatic rings. The molecule has 0 bridgehead atoms. The normalized spacial score (nSPS) is 18.2. The fraction of sp³-hybridized carbons (Fsp3) is 0.523. The summed E-state index contributed by atoms with van der Waals surface area (Å²) < 4.78 is 0. The summed E-state index contributed by atoms with van der Waals surface area (Å²) >= 11 is 0. The molecular formula is C44H57N9O6. The second kappa shape index (κ2) is 17.6. The average Bonchev–Trinajstić information content (AvgIpc) is 3.67. The van der Waals surface area contributed by atoms with Crippen molar-refractivity contribution in [2.75, 3.05) is 28.7 Å². The SMILES string of the molecule is CC(=O)[C@H](CC(C)C)NC(=O)C1(NC(=O)[C@@H]2CCCN2C(=O)[C@@H](CC(=O)c2ccc(C)c(N3Cc4cnc(Nc5ccc(C)nc5)nc4N(C)C3=O)c2)C(C)C)CCC1. The Morgan fingerprint density at radius 2 is 1.71 bits per heavy atom. The van der Waals surface area contributed by atoms with Crippen molar-refractivity contribution in [1.29, 1.82) is 0 Å². The van der Waals surface area contributed by atoms with Crippen molar-refractivity contribution in [2.45, 2.75) is 118 Å². The van der Waals surface area contributed by atoms with Crippen LogP contribution in [-0.4, -0.2) is 86.4 Å². The van der Waals surface area contributed by atoms with Gasteiger partial charge in [0.05, 0.1) is 24.5 Å². The maximum absolute atomic E-state index is 14.3. The molecule has 5 amide bonds. The Bertz CT molecular complexity index is 2120. The third-order valence-electron chi connectivity index (χ3n) is 11.9. The number of aryl methyl sites for hydroxylation is 2. The van der Waals surface area contributed by atoms with Gasteiger partial charge in [-0.15, -0.1) is 0 Å². The minimum atomic E-state index is -1.13. The van der Waals surface area contributed by atoms with Gasteiger partial charge in [-0.05, 0) is 94.9 Å². The van der Waals surface area contributed by atoms with Crippen LogP contribution in [-0.2, 0) is 25.7 Å². The number of Topliss-reactive ketones (excluding diaryl/α,β-unsaturated/α-hetero) is 2. The minimum absolute atomic E-state index is 0.0880. The van der Waals surface area contributed by atoms with Crippen LogP contribution in [0.3, 0.4) is 0 Å². The molecular weight excluding hydrogens is 751 g/mol. The molecule has 2 fully saturated rings. The summed E-state index contributed by atoms with van der Waals surface area (Å²) in [4.78, 5) is 99.9. The maximum Gasteiger partial charge on any atom is 0.330 e. The Morgan fingerprint density at radius 1 is 0.966 bits per heavy atom. The number of nitrogens with one attached hydrogen (secondary N) is 3. The molecule has 1 aromatic carbocycles. The second-order valence-electron chi connectivity index (χ2n) is 17.1. The van der Waals surface area contributed by atoms with Crippen LogP contribution in [0, 0.1) is 31.6 Å². The van der Waals surface area contributed by atoms with E-state index >= 15 is 0 Å². The lowest BCUT2D eigenvalue weighted by atomic mass is 9.75. The number of aromatic nitrogens is 3. The van der Waals surface area contributed by atoms with E-state index in [1.807, 2.05) is 53.7 Å². The number of benzene rings is 1. The number of ketones is 2. The number of likely N-dealkylation sites (tertiary alicyclic amines) is 1. The number of hydrogen-bond donors (Lipinski definition) is 3. The lowest BCUT2D eigenvalue weighted by molar-refractivity contribution is -0.146. The van der Waals surface area contributed by atoms with Gasteiger partial charge in [-0.1, -0.05) is 39.8 Å². The molecule has 1 saturated carbocycles. The molecule has 15 nitrogen and oxygen atoms in total. The molecule has 0 unspecified atom stereocenters. The largest absolute Gasteiger partial charge is 0.344 e. The first-order valence-electron chi connectivity index (χ1n) is 20.7. The molecule has 1 aliphatic carbocycles. The Hall–Kier alpha value is -5.73. The highest BCUT2D eigenvalue weighted by Gasteiger charge is 2.49. The molecule has 314 valence electrons. The summed E-state index contributed by atoms with van der Waals surface area (Å²) in [7, 11) is 1.64. The van der Waals surface area contributed by atoms with Crippen molar-refractivity contribution in [3.8, 4) is 0 Å². The number of amides is 5. The fourth-order valence-corrected chi connectivity index (χ4v) is 8.10. The maximum atomic E-state index is 14.3. The van der Waals surface area contributed by atoms with Crippen LogP contribution in [0.5, 0.6) is 0 Å². The number of pyridine rings is 1. The van der Waals surface area contributed by atoms with E-state index in [9.17, 15) is 28.8 Å². The first kappa shape index (κ1) is 42.9. The minimum Gasteiger partial charge on any atom is -0.344 e. The number of rotatable bonds is 15. The Morgan fingerprint density at radius 3 is 2.34 bits per heavy atom. The molecule has 59 heavy (non-hydrogen) atoms. The smallest absolute Gasteiger partial charge is 0.330 e. The van der Waals surface area contributed by atoms with Crippen molar-refractivity contribution >= 4 is 58.5 Å². The number of fused-ring (bicyclic) bond motifs is 1. The molecule has 15 heteroatoms. The summed E-state index contributed by atoms with van der Waals surface area (Å²) in [6, 6.07) is 7.21. The zero-order chi connectivity index (χ0) is 42.8. The van der Waals surface area contributed by atoms with Crippen LogP contribution in [0.15, 0.2) is 42.7 Å². The third kappa shape index (κ3) is 9.29. The molecule has 1 saturated heterocycles. The van der Waals surface area contributed by atoms with Gasteiger partial charge in [-0.2, -0.15) is 4.98 Å². The van der Waals surface area contributed by atoms with Crippen LogP contribution >= 0.6 is 0 Å². The highest BCUT2D eigenvalue weighted by atomic mass is 16.2. The Kier molecular flexibility index (Phi) is 12.8. The zero-order valence-electron chi connectivity index (χ0n) is 35.4. The molecule has 4 heterocycles. The van der Waals surface area contributed by atoms with Crippen LogP contribution in [0.25, 0.3) is 0 Å². The third-order valence-corrected chi connectivity index (χ3v) is 11.9. The predicted molar refractivity (Wildman–Crippen MR) is 224 cm³/mol. The topological polar surface area (TPSA) is 187 Å². The van der Waals surface area contributed by atoms with E-state index in [1.165, 1.54) is 11.8 Å². The van der Waals surface area contributed by atoms with Crippen molar-refractivity contribution in [3.63, 3.8) is 0 Å². The van der Waals surface area contributed by atoms with E-state index in [0.717, 1.165) is 23.2 Å². The second-order valence-corrected chi connectivity index (χ2v) is 17.1. The van der Waals surface area contributed by atoms with Gasteiger partial charge < -0.3 is 20.9 Å². The number of nitrogens with zero attached hydrogens (tertiary/aromatic N) is 6.